The Hall–Kier alpha value is -3.06. The molecule has 0 spiro atoms. The third-order valence-corrected chi connectivity index (χ3v) is 5.18. The highest BCUT2D eigenvalue weighted by Gasteiger charge is 2.29. The highest BCUT2D eigenvalue weighted by molar-refractivity contribution is 6.31. The van der Waals surface area contributed by atoms with E-state index in [4.69, 9.17) is 16.3 Å². The van der Waals surface area contributed by atoms with E-state index in [2.05, 4.69) is 5.10 Å². The summed E-state index contributed by atoms with van der Waals surface area (Å²) in [5.74, 6) is 0.0250. The first-order valence-corrected chi connectivity index (χ1v) is 9.53. The normalized spacial score (nSPS) is 13.4. The molecule has 29 heavy (non-hydrogen) atoms. The van der Waals surface area contributed by atoms with Crippen LogP contribution in [0.1, 0.15) is 16.2 Å². The van der Waals surface area contributed by atoms with Crippen LogP contribution in [-0.4, -0.2) is 36.4 Å². The number of hydrogen-bond donors (Lipinski definition) is 0. The molecule has 4 rings (SSSR count). The Morgan fingerprint density at radius 2 is 1.93 bits per heavy atom. The molecule has 0 unspecified atom stereocenters. The van der Waals surface area contributed by atoms with Gasteiger partial charge in [0.05, 0.1) is 31.6 Å². The van der Waals surface area contributed by atoms with Gasteiger partial charge in [0.2, 0.25) is 0 Å². The van der Waals surface area contributed by atoms with Gasteiger partial charge in [-0.3, -0.25) is 9.48 Å². The summed E-state index contributed by atoms with van der Waals surface area (Å²) in [4.78, 5) is 16.4. The lowest BCUT2D eigenvalue weighted by Crippen LogP contribution is -2.40. The molecule has 2 aromatic carbocycles. The van der Waals surface area contributed by atoms with Crippen molar-refractivity contribution in [1.29, 1.82) is 0 Å². The minimum atomic E-state index is -0.477. The third-order valence-electron chi connectivity index (χ3n) is 4.94. The maximum atomic E-state index is 14.2. The van der Waals surface area contributed by atoms with Crippen LogP contribution in [0.4, 0.5) is 15.8 Å². The third kappa shape index (κ3) is 3.78. The van der Waals surface area contributed by atoms with E-state index in [0.29, 0.717) is 30.4 Å². The Labute approximate surface area is 173 Å². The van der Waals surface area contributed by atoms with Crippen LogP contribution in [0, 0.1) is 5.82 Å². The topological polar surface area (TPSA) is 50.6 Å². The predicted molar refractivity (Wildman–Crippen MR) is 110 cm³/mol. The zero-order chi connectivity index (χ0) is 20.5. The van der Waals surface area contributed by atoms with Crippen molar-refractivity contribution < 1.29 is 13.9 Å². The van der Waals surface area contributed by atoms with Gasteiger partial charge in [-0.15, -0.1) is 0 Å². The Balaban J connectivity index is 1.54. The number of nitrogens with zero attached hydrogens (tertiary/aromatic N) is 4. The SMILES string of the molecule is COc1ccc(N(C)Cc2cc3n(n2)CCN(c2cc(Cl)ccc2F)C3=O)cc1. The van der Waals surface area contributed by atoms with Gasteiger partial charge in [0.1, 0.15) is 17.3 Å². The van der Waals surface area contributed by atoms with E-state index in [1.807, 2.05) is 36.2 Å². The minimum Gasteiger partial charge on any atom is -0.497 e. The largest absolute Gasteiger partial charge is 0.497 e. The fraction of sp³-hybridized carbons (Fsp3) is 0.238. The maximum Gasteiger partial charge on any atom is 0.276 e. The van der Waals surface area contributed by atoms with E-state index in [-0.39, 0.29) is 11.6 Å². The molecule has 0 bridgehead atoms. The van der Waals surface area contributed by atoms with Crippen LogP contribution in [0.25, 0.3) is 0 Å². The number of anilines is 2. The monoisotopic (exact) mass is 414 g/mol. The molecule has 1 aliphatic rings. The fourth-order valence-electron chi connectivity index (χ4n) is 3.42. The average molecular weight is 415 g/mol. The standard InChI is InChI=1S/C21H20ClFN4O2/c1-25(16-4-6-17(29-2)7-5-16)13-15-12-20-21(28)26(9-10-27(20)24-15)19-11-14(22)3-8-18(19)23/h3-8,11-12H,9-10,13H2,1-2H3. The molecule has 150 valence electrons. The number of aromatic nitrogens is 2. The number of carbonyl (C=O) groups excluding carboxylic acids is 1. The zero-order valence-corrected chi connectivity index (χ0v) is 16.9. The highest BCUT2D eigenvalue weighted by atomic mass is 35.5. The van der Waals surface area contributed by atoms with Crippen LogP contribution < -0.4 is 14.5 Å². The van der Waals surface area contributed by atoms with E-state index >= 15 is 0 Å². The zero-order valence-electron chi connectivity index (χ0n) is 16.1. The van der Waals surface area contributed by atoms with E-state index in [0.717, 1.165) is 17.1 Å². The van der Waals surface area contributed by atoms with Crippen molar-refractivity contribution in [2.45, 2.75) is 13.1 Å². The number of hydrogen-bond acceptors (Lipinski definition) is 4. The molecule has 1 amide bonds. The summed E-state index contributed by atoms with van der Waals surface area (Å²) < 4.78 is 21.1. The summed E-state index contributed by atoms with van der Waals surface area (Å²) in [5.41, 5.74) is 2.39. The van der Waals surface area contributed by atoms with Gasteiger partial charge < -0.3 is 14.5 Å². The Kier molecular flexibility index (Phi) is 5.15. The number of methoxy groups -OCH3 is 1. The van der Waals surface area contributed by atoms with E-state index < -0.39 is 5.82 Å². The number of rotatable bonds is 5. The minimum absolute atomic E-state index is 0.187. The van der Waals surface area contributed by atoms with Gasteiger partial charge in [-0.2, -0.15) is 5.10 Å². The Morgan fingerprint density at radius 3 is 2.66 bits per heavy atom. The molecular weight excluding hydrogens is 395 g/mol. The lowest BCUT2D eigenvalue weighted by atomic mass is 10.2. The average Bonchev–Trinajstić information content (AvgIpc) is 3.14. The van der Waals surface area contributed by atoms with Gasteiger partial charge in [0.15, 0.2) is 0 Å². The molecule has 6 nitrogen and oxygen atoms in total. The molecular formula is C21H20ClFN4O2. The second-order valence-electron chi connectivity index (χ2n) is 6.85. The Bertz CT molecular complexity index is 1050. The number of benzene rings is 2. The molecule has 0 fully saturated rings. The predicted octanol–water partition coefficient (Wildman–Crippen LogP) is 3.98. The molecule has 1 aromatic heterocycles. The van der Waals surface area contributed by atoms with Crippen LogP contribution in [-0.2, 0) is 13.1 Å². The fourth-order valence-corrected chi connectivity index (χ4v) is 3.58. The first kappa shape index (κ1) is 19.3. The van der Waals surface area contributed by atoms with Crippen LogP contribution >= 0.6 is 11.6 Å². The van der Waals surface area contributed by atoms with Crippen LogP contribution in [0.2, 0.25) is 5.02 Å². The molecule has 3 aromatic rings. The van der Waals surface area contributed by atoms with Crippen molar-refractivity contribution in [1.82, 2.24) is 9.78 Å². The summed E-state index contributed by atoms with van der Waals surface area (Å²) in [5, 5.41) is 4.94. The van der Waals surface area contributed by atoms with Gasteiger partial charge >= 0.3 is 0 Å². The van der Waals surface area contributed by atoms with Gasteiger partial charge in [0.25, 0.3) is 5.91 Å². The number of ether oxygens (including phenoxy) is 1. The second-order valence-corrected chi connectivity index (χ2v) is 7.29. The van der Waals surface area contributed by atoms with Crippen molar-refractivity contribution in [2.24, 2.45) is 0 Å². The Morgan fingerprint density at radius 1 is 1.17 bits per heavy atom. The summed E-state index contributed by atoms with van der Waals surface area (Å²) in [6, 6.07) is 13.7. The molecule has 0 saturated carbocycles. The van der Waals surface area contributed by atoms with Crippen LogP contribution in [0.5, 0.6) is 5.75 Å². The molecule has 0 atom stereocenters. The quantitative estimate of drug-likeness (QED) is 0.633. The first-order valence-electron chi connectivity index (χ1n) is 9.15. The number of amides is 1. The molecule has 0 N–H and O–H groups in total. The van der Waals surface area contributed by atoms with Gasteiger partial charge in [0, 0.05) is 24.3 Å². The number of carbonyl (C=O) groups is 1. The molecule has 0 saturated heterocycles. The van der Waals surface area contributed by atoms with E-state index in [1.54, 1.807) is 17.9 Å². The van der Waals surface area contributed by atoms with Gasteiger partial charge in [-0.25, -0.2) is 4.39 Å². The van der Waals surface area contributed by atoms with Crippen LogP contribution in [0.15, 0.2) is 48.5 Å². The molecule has 1 aliphatic heterocycles. The lowest BCUT2D eigenvalue weighted by molar-refractivity contribution is 0.0961. The number of halogens is 2. The smallest absolute Gasteiger partial charge is 0.276 e. The van der Waals surface area contributed by atoms with Crippen molar-refractivity contribution in [2.75, 3.05) is 30.5 Å². The molecule has 0 aliphatic carbocycles. The first-order chi connectivity index (χ1) is 14.0. The van der Waals surface area contributed by atoms with E-state index in [9.17, 15) is 9.18 Å². The van der Waals surface area contributed by atoms with E-state index in [1.165, 1.54) is 23.1 Å². The van der Waals surface area contributed by atoms with Crippen molar-refractivity contribution in [3.05, 3.63) is 70.8 Å². The van der Waals surface area contributed by atoms with Crippen molar-refractivity contribution in [3.63, 3.8) is 0 Å². The second kappa shape index (κ2) is 7.75. The summed E-state index contributed by atoms with van der Waals surface area (Å²) in [7, 11) is 3.58. The number of fused-ring (bicyclic) bond motifs is 1. The molecule has 0 radical (unpaired) electrons. The van der Waals surface area contributed by atoms with Crippen molar-refractivity contribution >= 4 is 28.9 Å². The summed E-state index contributed by atoms with van der Waals surface area (Å²) >= 11 is 5.99. The lowest BCUT2D eigenvalue weighted by Gasteiger charge is -2.27. The summed E-state index contributed by atoms with van der Waals surface area (Å²) in [6.07, 6.45) is 0. The van der Waals surface area contributed by atoms with Crippen LogP contribution in [0.3, 0.4) is 0 Å². The highest BCUT2D eigenvalue weighted by Crippen LogP contribution is 2.28. The molecule has 8 heteroatoms. The molecule has 2 heterocycles. The van der Waals surface area contributed by atoms with Gasteiger partial charge in [-0.1, -0.05) is 11.6 Å². The van der Waals surface area contributed by atoms with Crippen molar-refractivity contribution in [3.8, 4) is 5.75 Å². The summed E-state index contributed by atoms with van der Waals surface area (Å²) in [6.45, 7) is 1.35. The maximum absolute atomic E-state index is 14.2. The van der Waals surface area contributed by atoms with Gasteiger partial charge in [-0.05, 0) is 48.5 Å².